The first-order chi connectivity index (χ1) is 14.6. The van der Waals surface area contributed by atoms with Crippen molar-refractivity contribution in [2.45, 2.75) is 51.0 Å². The van der Waals surface area contributed by atoms with Crippen molar-refractivity contribution in [3.05, 3.63) is 42.4 Å². The first-order valence-corrected chi connectivity index (χ1v) is 11.0. The lowest BCUT2D eigenvalue weighted by Gasteiger charge is -2.57. The van der Waals surface area contributed by atoms with Gasteiger partial charge in [-0.2, -0.15) is 4.98 Å². The van der Waals surface area contributed by atoms with Gasteiger partial charge < -0.3 is 15.8 Å². The molecule has 154 valence electrons. The van der Waals surface area contributed by atoms with Crippen LogP contribution in [-0.4, -0.2) is 20.5 Å². The van der Waals surface area contributed by atoms with Gasteiger partial charge in [-0.15, -0.1) is 0 Å². The minimum Gasteiger partial charge on any atom is -0.435 e. The van der Waals surface area contributed by atoms with Gasteiger partial charge in [0.05, 0.1) is 0 Å². The average Bonchev–Trinajstić information content (AvgIpc) is 2.70. The molecule has 4 bridgehead atoms. The fourth-order valence-electron chi connectivity index (χ4n) is 6.48. The van der Waals surface area contributed by atoms with Gasteiger partial charge in [0, 0.05) is 16.6 Å². The maximum atomic E-state index is 6.50. The Morgan fingerprint density at radius 1 is 1.00 bits per heavy atom. The summed E-state index contributed by atoms with van der Waals surface area (Å²) in [5.41, 5.74) is 8.86. The highest BCUT2D eigenvalue weighted by Gasteiger charge is 2.51. The summed E-state index contributed by atoms with van der Waals surface area (Å²) in [6.45, 7) is 1.97. The first-order valence-electron chi connectivity index (χ1n) is 11.0. The number of hydrogen-bond donors (Lipinski definition) is 2. The summed E-state index contributed by atoms with van der Waals surface area (Å²) in [6, 6.07) is 9.94. The van der Waals surface area contributed by atoms with Gasteiger partial charge >= 0.3 is 0 Å². The van der Waals surface area contributed by atoms with Crippen LogP contribution < -0.4 is 15.8 Å². The van der Waals surface area contributed by atoms with Gasteiger partial charge in [-0.1, -0.05) is 18.2 Å². The highest BCUT2D eigenvalue weighted by Crippen LogP contribution is 2.56. The third-order valence-corrected chi connectivity index (χ3v) is 7.30. The van der Waals surface area contributed by atoms with E-state index in [9.17, 15) is 0 Å². The minimum absolute atomic E-state index is 0.132. The van der Waals surface area contributed by atoms with Crippen molar-refractivity contribution in [3.63, 3.8) is 0 Å². The predicted octanol–water partition coefficient (Wildman–Crippen LogP) is 5.09. The lowest BCUT2D eigenvalue weighted by molar-refractivity contribution is 0.0106. The Balaban J connectivity index is 1.31. The molecule has 0 atom stereocenters. The molecule has 0 radical (unpaired) electrons. The van der Waals surface area contributed by atoms with Gasteiger partial charge in [0.25, 0.3) is 0 Å². The molecule has 2 heterocycles. The highest BCUT2D eigenvalue weighted by atomic mass is 16.5. The van der Waals surface area contributed by atoms with Gasteiger partial charge in [-0.05, 0) is 75.3 Å². The van der Waals surface area contributed by atoms with Gasteiger partial charge in [0.2, 0.25) is 5.88 Å². The Hall–Kier alpha value is -2.89. The summed E-state index contributed by atoms with van der Waals surface area (Å²) in [7, 11) is 0. The number of nitrogens with one attached hydrogen (secondary N) is 1. The van der Waals surface area contributed by atoms with E-state index in [4.69, 9.17) is 10.5 Å². The van der Waals surface area contributed by atoms with Gasteiger partial charge in [0.1, 0.15) is 17.5 Å². The van der Waals surface area contributed by atoms with E-state index >= 15 is 0 Å². The Bertz CT molecular complexity index is 1090. The van der Waals surface area contributed by atoms with Crippen molar-refractivity contribution in [2.75, 3.05) is 11.1 Å². The molecule has 0 spiro atoms. The molecule has 1 aromatic carbocycles. The van der Waals surface area contributed by atoms with Crippen LogP contribution in [0.3, 0.4) is 0 Å². The third-order valence-electron chi connectivity index (χ3n) is 7.30. The monoisotopic (exact) mass is 401 g/mol. The molecule has 30 heavy (non-hydrogen) atoms. The maximum absolute atomic E-state index is 6.50. The molecular weight excluding hydrogens is 374 g/mol. The Morgan fingerprint density at radius 3 is 2.47 bits per heavy atom. The van der Waals surface area contributed by atoms with Crippen LogP contribution in [0.4, 0.5) is 11.5 Å². The molecule has 4 aliphatic carbocycles. The number of aryl methyl sites for hydroxylation is 1. The minimum atomic E-state index is 0.132. The number of hydrogen-bond acceptors (Lipinski definition) is 6. The Morgan fingerprint density at radius 2 is 1.73 bits per heavy atom. The second-order valence-electron chi connectivity index (χ2n) is 9.65. The van der Waals surface area contributed by atoms with Gasteiger partial charge in [-0.25, -0.2) is 9.97 Å². The van der Waals surface area contributed by atoms with Crippen LogP contribution in [0.15, 0.2) is 36.7 Å². The van der Waals surface area contributed by atoms with E-state index in [0.717, 1.165) is 34.4 Å². The maximum Gasteiger partial charge on any atom is 0.248 e. The molecule has 0 saturated heterocycles. The Labute approximate surface area is 176 Å². The van der Waals surface area contributed by atoms with Crippen molar-refractivity contribution in [2.24, 2.45) is 17.8 Å². The topological polar surface area (TPSA) is 86.0 Å². The van der Waals surface area contributed by atoms with E-state index in [-0.39, 0.29) is 5.54 Å². The molecule has 0 unspecified atom stereocenters. The summed E-state index contributed by atoms with van der Waals surface area (Å²) >= 11 is 0. The molecule has 3 aromatic rings. The number of ether oxygens (including phenoxy) is 1. The van der Waals surface area contributed by atoms with Crippen molar-refractivity contribution in [1.29, 1.82) is 0 Å². The number of fused-ring (bicyclic) bond motifs is 1. The average molecular weight is 402 g/mol. The number of anilines is 2. The van der Waals surface area contributed by atoms with Crippen LogP contribution in [0, 0.1) is 24.7 Å². The van der Waals surface area contributed by atoms with Gasteiger partial charge in [-0.3, -0.25) is 0 Å². The van der Waals surface area contributed by atoms with E-state index in [1.54, 1.807) is 6.33 Å². The summed E-state index contributed by atoms with van der Waals surface area (Å²) in [5.74, 6) is 4.30. The largest absolute Gasteiger partial charge is 0.435 e. The molecular formula is C24H27N5O. The van der Waals surface area contributed by atoms with E-state index < -0.39 is 0 Å². The van der Waals surface area contributed by atoms with Crippen molar-refractivity contribution in [1.82, 2.24) is 15.0 Å². The molecule has 2 aromatic heterocycles. The smallest absolute Gasteiger partial charge is 0.248 e. The van der Waals surface area contributed by atoms with Crippen LogP contribution in [0.2, 0.25) is 0 Å². The van der Waals surface area contributed by atoms with E-state index in [2.05, 4.69) is 20.3 Å². The SMILES string of the molecule is Cc1ccc2cccc(Oc3ncnc(NC45CC6CC(CC(C6)C4)C5)c3N)c2n1. The van der Waals surface area contributed by atoms with Crippen LogP contribution in [-0.2, 0) is 0 Å². The zero-order valence-corrected chi connectivity index (χ0v) is 17.3. The third kappa shape index (κ3) is 2.97. The number of rotatable bonds is 4. The van der Waals surface area contributed by atoms with Crippen molar-refractivity contribution < 1.29 is 4.74 Å². The highest BCUT2D eigenvalue weighted by molar-refractivity contribution is 5.85. The normalized spacial score (nSPS) is 29.3. The van der Waals surface area contributed by atoms with Crippen molar-refractivity contribution in [3.8, 4) is 11.6 Å². The zero-order chi connectivity index (χ0) is 20.3. The molecule has 4 aliphatic rings. The molecule has 0 amide bonds. The number of para-hydroxylation sites is 1. The Kier molecular flexibility index (Phi) is 3.92. The quantitative estimate of drug-likeness (QED) is 0.633. The summed E-state index contributed by atoms with van der Waals surface area (Å²) in [4.78, 5) is 13.5. The number of nitrogens with two attached hydrogens (primary N) is 1. The summed E-state index contributed by atoms with van der Waals surface area (Å²) < 4.78 is 6.16. The fraction of sp³-hybridized carbons (Fsp3) is 0.458. The van der Waals surface area contributed by atoms with Crippen LogP contribution >= 0.6 is 0 Å². The summed E-state index contributed by atoms with van der Waals surface area (Å²) in [6.07, 6.45) is 9.44. The lowest BCUT2D eigenvalue weighted by Crippen LogP contribution is -2.55. The molecule has 6 heteroatoms. The number of aromatic nitrogens is 3. The second kappa shape index (κ2) is 6.56. The number of nitrogens with zero attached hydrogens (tertiary/aromatic N) is 3. The molecule has 7 rings (SSSR count). The van der Waals surface area contributed by atoms with E-state index in [1.165, 1.54) is 38.5 Å². The predicted molar refractivity (Wildman–Crippen MR) is 118 cm³/mol. The van der Waals surface area contributed by atoms with Crippen LogP contribution in [0.1, 0.15) is 44.2 Å². The second-order valence-corrected chi connectivity index (χ2v) is 9.65. The van der Waals surface area contributed by atoms with Crippen LogP contribution in [0.5, 0.6) is 11.6 Å². The molecule has 6 nitrogen and oxygen atoms in total. The number of benzene rings is 1. The fourth-order valence-corrected chi connectivity index (χ4v) is 6.48. The van der Waals surface area contributed by atoms with Gasteiger partial charge in [0.15, 0.2) is 11.6 Å². The zero-order valence-electron chi connectivity index (χ0n) is 17.3. The molecule has 4 saturated carbocycles. The summed E-state index contributed by atoms with van der Waals surface area (Å²) in [5, 5.41) is 4.78. The standard InChI is InChI=1S/C24H27N5O/c1-14-5-6-18-3-2-4-19(21(18)28-14)30-23-20(25)22(26-13-27-23)29-24-10-15-7-16(11-24)9-17(8-15)12-24/h2-6,13,15-17H,7-12,25H2,1H3,(H,26,27,29). The van der Waals surface area contributed by atoms with E-state index in [0.29, 0.717) is 23.1 Å². The molecule has 0 aliphatic heterocycles. The van der Waals surface area contributed by atoms with E-state index in [1.807, 2.05) is 37.3 Å². The molecule has 4 fully saturated rings. The van der Waals surface area contributed by atoms with Crippen LogP contribution in [0.25, 0.3) is 10.9 Å². The lowest BCUT2D eigenvalue weighted by atomic mass is 9.53. The first kappa shape index (κ1) is 17.9. The van der Waals surface area contributed by atoms with Crippen molar-refractivity contribution >= 4 is 22.4 Å². The number of pyridine rings is 1. The molecule has 3 N–H and O–H groups in total. The number of nitrogen functional groups attached to an aromatic ring is 1.